The summed E-state index contributed by atoms with van der Waals surface area (Å²) in [7, 11) is -4.16. The third-order valence-corrected chi connectivity index (χ3v) is 8.75. The molecule has 0 saturated carbocycles. The van der Waals surface area contributed by atoms with Crippen LogP contribution in [0.2, 0.25) is 5.02 Å². The molecule has 0 aromatic heterocycles. The van der Waals surface area contributed by atoms with Gasteiger partial charge >= 0.3 is 0 Å². The van der Waals surface area contributed by atoms with Crippen molar-refractivity contribution in [2.45, 2.75) is 64.9 Å². The number of anilines is 1. The highest BCUT2D eigenvalue weighted by atomic mass is 35.5. The van der Waals surface area contributed by atoms with Crippen molar-refractivity contribution in [3.8, 4) is 0 Å². The molecule has 3 aromatic rings. The highest BCUT2D eigenvalue weighted by Crippen LogP contribution is 2.30. The third-order valence-electron chi connectivity index (χ3n) is 6.74. The molecule has 0 aliphatic rings. The van der Waals surface area contributed by atoms with Crippen molar-refractivity contribution in [2.24, 2.45) is 0 Å². The number of sulfonamides is 1. The van der Waals surface area contributed by atoms with Gasteiger partial charge in [-0.15, -0.1) is 0 Å². The molecule has 0 bridgehead atoms. The first-order valence-electron chi connectivity index (χ1n) is 13.5. The number of carbonyl (C=O) groups excluding carboxylic acids is 2. The Hall–Kier alpha value is -3.36. The van der Waals surface area contributed by atoms with Crippen molar-refractivity contribution in [3.05, 3.63) is 94.0 Å². The number of rotatable bonds is 12. The maximum atomic E-state index is 14.1. The fraction of sp³-hybridized carbons (Fsp3) is 0.355. The van der Waals surface area contributed by atoms with Gasteiger partial charge in [-0.25, -0.2) is 8.42 Å². The molecule has 9 heteroatoms. The Balaban J connectivity index is 2.09. The van der Waals surface area contributed by atoms with Gasteiger partial charge in [-0.3, -0.25) is 13.9 Å². The molecule has 2 amide bonds. The number of benzene rings is 3. The van der Waals surface area contributed by atoms with Gasteiger partial charge in [0.15, 0.2) is 0 Å². The van der Waals surface area contributed by atoms with E-state index in [1.165, 1.54) is 17.0 Å². The Kier molecular flexibility index (Phi) is 10.8. The van der Waals surface area contributed by atoms with Crippen molar-refractivity contribution in [1.82, 2.24) is 10.2 Å². The number of nitrogens with one attached hydrogen (secondary N) is 1. The van der Waals surface area contributed by atoms with Crippen LogP contribution in [-0.2, 0) is 26.2 Å². The monoisotopic (exact) mass is 583 g/mol. The molecule has 0 saturated heterocycles. The fourth-order valence-corrected chi connectivity index (χ4v) is 6.01. The van der Waals surface area contributed by atoms with Gasteiger partial charge in [0.25, 0.3) is 10.0 Å². The van der Waals surface area contributed by atoms with Gasteiger partial charge in [0.05, 0.1) is 10.6 Å². The molecular formula is C31H38ClN3O4S. The minimum Gasteiger partial charge on any atom is -0.354 e. The molecular weight excluding hydrogens is 546 g/mol. The zero-order valence-corrected chi connectivity index (χ0v) is 25.3. The van der Waals surface area contributed by atoms with Gasteiger partial charge < -0.3 is 10.2 Å². The van der Waals surface area contributed by atoms with E-state index >= 15 is 0 Å². The van der Waals surface area contributed by atoms with E-state index in [0.717, 1.165) is 27.4 Å². The van der Waals surface area contributed by atoms with Crippen molar-refractivity contribution >= 4 is 39.1 Å². The molecule has 0 spiro atoms. The minimum atomic E-state index is -4.16. The van der Waals surface area contributed by atoms with E-state index < -0.39 is 28.5 Å². The van der Waals surface area contributed by atoms with E-state index in [2.05, 4.69) is 5.32 Å². The van der Waals surface area contributed by atoms with Crippen molar-refractivity contribution in [2.75, 3.05) is 17.4 Å². The summed E-state index contributed by atoms with van der Waals surface area (Å²) in [6.45, 7) is 9.55. The van der Waals surface area contributed by atoms with Gasteiger partial charge in [-0.2, -0.15) is 0 Å². The molecule has 3 aromatic carbocycles. The molecule has 214 valence electrons. The van der Waals surface area contributed by atoms with Crippen LogP contribution in [0, 0.1) is 20.8 Å². The lowest BCUT2D eigenvalue weighted by molar-refractivity contribution is -0.140. The molecule has 0 heterocycles. The largest absolute Gasteiger partial charge is 0.354 e. The number of amides is 2. The average Bonchev–Trinajstić information content (AvgIpc) is 2.93. The Bertz CT molecular complexity index is 1420. The van der Waals surface area contributed by atoms with Crippen LogP contribution in [0.5, 0.6) is 0 Å². The van der Waals surface area contributed by atoms with Crippen LogP contribution < -0.4 is 9.62 Å². The lowest BCUT2D eigenvalue weighted by Crippen LogP contribution is -2.52. The first kappa shape index (κ1) is 31.2. The summed E-state index contributed by atoms with van der Waals surface area (Å²) in [5.74, 6) is -0.758. The maximum absolute atomic E-state index is 14.1. The van der Waals surface area contributed by atoms with Gasteiger partial charge in [0, 0.05) is 18.1 Å². The van der Waals surface area contributed by atoms with Crippen LogP contribution in [0.4, 0.5) is 5.69 Å². The SMILES string of the molecule is CCCNC(=O)[C@H](CC)N(Cc1ccc(C)cc1)C(=O)CN(c1cc(Cl)ccc1C)S(=O)(=O)c1ccc(C)cc1. The summed E-state index contributed by atoms with van der Waals surface area (Å²) in [5, 5.41) is 3.24. The molecule has 7 nitrogen and oxygen atoms in total. The second-order valence-corrected chi connectivity index (χ2v) is 12.3. The minimum absolute atomic E-state index is 0.0584. The van der Waals surface area contributed by atoms with E-state index in [1.807, 2.05) is 52.0 Å². The summed E-state index contributed by atoms with van der Waals surface area (Å²) >= 11 is 6.29. The van der Waals surface area contributed by atoms with Crippen LogP contribution in [-0.4, -0.2) is 44.3 Å². The Morgan fingerprint density at radius 2 is 1.50 bits per heavy atom. The van der Waals surface area contributed by atoms with Crippen LogP contribution in [0.1, 0.15) is 48.9 Å². The number of carbonyl (C=O) groups is 2. The zero-order valence-electron chi connectivity index (χ0n) is 23.8. The number of halogens is 1. The summed E-state index contributed by atoms with van der Waals surface area (Å²) in [4.78, 5) is 28.8. The number of nitrogens with zero attached hydrogens (tertiary/aromatic N) is 2. The van der Waals surface area contributed by atoms with Crippen molar-refractivity contribution < 1.29 is 18.0 Å². The van der Waals surface area contributed by atoms with Gasteiger partial charge in [-0.05, 0) is 69.0 Å². The Morgan fingerprint density at radius 3 is 2.08 bits per heavy atom. The van der Waals surface area contributed by atoms with Gasteiger partial charge in [-0.1, -0.05) is 79.0 Å². The summed E-state index contributed by atoms with van der Waals surface area (Å²) in [5.41, 5.74) is 3.77. The highest BCUT2D eigenvalue weighted by molar-refractivity contribution is 7.92. The third kappa shape index (κ3) is 7.64. The van der Waals surface area contributed by atoms with E-state index in [1.54, 1.807) is 37.3 Å². The van der Waals surface area contributed by atoms with Crippen molar-refractivity contribution in [1.29, 1.82) is 0 Å². The van der Waals surface area contributed by atoms with E-state index in [-0.39, 0.29) is 17.3 Å². The molecule has 0 fully saturated rings. The molecule has 3 rings (SSSR count). The topological polar surface area (TPSA) is 86.8 Å². The number of hydrogen-bond donors (Lipinski definition) is 1. The second-order valence-electron chi connectivity index (χ2n) is 9.98. The molecule has 0 aliphatic heterocycles. The maximum Gasteiger partial charge on any atom is 0.264 e. The Labute approximate surface area is 243 Å². The lowest BCUT2D eigenvalue weighted by atomic mass is 10.1. The first-order chi connectivity index (χ1) is 19.0. The zero-order chi connectivity index (χ0) is 29.4. The first-order valence-corrected chi connectivity index (χ1v) is 15.3. The van der Waals surface area contributed by atoms with Crippen LogP contribution >= 0.6 is 11.6 Å². The van der Waals surface area contributed by atoms with E-state index in [0.29, 0.717) is 29.2 Å². The quantitative estimate of drug-likeness (QED) is 0.292. The fourth-order valence-electron chi connectivity index (χ4n) is 4.38. The van der Waals surface area contributed by atoms with Crippen LogP contribution in [0.25, 0.3) is 0 Å². The molecule has 1 atom stereocenters. The van der Waals surface area contributed by atoms with E-state index in [9.17, 15) is 18.0 Å². The molecule has 0 unspecified atom stereocenters. The van der Waals surface area contributed by atoms with Crippen molar-refractivity contribution in [3.63, 3.8) is 0 Å². The predicted octanol–water partition coefficient (Wildman–Crippen LogP) is 5.79. The van der Waals surface area contributed by atoms with E-state index in [4.69, 9.17) is 11.6 Å². The molecule has 0 radical (unpaired) electrons. The average molecular weight is 584 g/mol. The number of hydrogen-bond acceptors (Lipinski definition) is 4. The standard InChI is InChI=1S/C31H38ClN3O4S/c1-6-18-33-31(37)28(7-2)34(20-25-13-8-22(3)9-14-25)30(36)21-35(29-19-26(32)15-12-24(29)5)40(38,39)27-16-10-23(4)11-17-27/h8-17,19,28H,6-7,18,20-21H2,1-5H3,(H,33,37)/t28-/m0/s1. The summed E-state index contributed by atoms with van der Waals surface area (Å²) in [6, 6.07) is 18.4. The summed E-state index contributed by atoms with van der Waals surface area (Å²) < 4.78 is 29.1. The Morgan fingerprint density at radius 1 is 0.900 bits per heavy atom. The predicted molar refractivity (Wildman–Crippen MR) is 161 cm³/mol. The van der Waals surface area contributed by atoms with Crippen LogP contribution in [0.15, 0.2) is 71.6 Å². The number of aryl methyl sites for hydroxylation is 3. The highest BCUT2D eigenvalue weighted by Gasteiger charge is 2.34. The second kappa shape index (κ2) is 13.8. The van der Waals surface area contributed by atoms with Gasteiger partial charge in [0.2, 0.25) is 11.8 Å². The van der Waals surface area contributed by atoms with Gasteiger partial charge in [0.1, 0.15) is 12.6 Å². The summed E-state index contributed by atoms with van der Waals surface area (Å²) in [6.07, 6.45) is 1.12. The molecule has 0 aliphatic carbocycles. The van der Waals surface area contributed by atoms with Crippen LogP contribution in [0.3, 0.4) is 0 Å². The molecule has 1 N–H and O–H groups in total. The smallest absolute Gasteiger partial charge is 0.264 e. The lowest BCUT2D eigenvalue weighted by Gasteiger charge is -2.33. The normalized spacial score (nSPS) is 12.1. The molecule has 40 heavy (non-hydrogen) atoms.